The van der Waals surface area contributed by atoms with Crippen molar-refractivity contribution in [1.82, 2.24) is 0 Å². The van der Waals surface area contributed by atoms with E-state index in [4.69, 9.17) is 4.42 Å². The molecule has 0 aliphatic heterocycles. The van der Waals surface area contributed by atoms with E-state index in [1.807, 2.05) is 0 Å². The number of hydrogen-bond acceptors (Lipinski definition) is 2. The Kier molecular flexibility index (Phi) is 8.87. The number of furan rings is 1. The molecule has 2 heteroatoms. The summed E-state index contributed by atoms with van der Waals surface area (Å²) in [7, 11) is 0. The molecule has 0 amide bonds. The molecule has 11 rings (SSSR count). The van der Waals surface area contributed by atoms with Crippen LogP contribution in [-0.2, 0) is 0 Å². The molecule has 0 saturated heterocycles. The zero-order valence-electron chi connectivity index (χ0n) is 32.9. The fraction of sp³-hybridized carbons (Fsp3) is 0. The zero-order valence-corrected chi connectivity index (χ0v) is 32.9. The lowest BCUT2D eigenvalue weighted by Gasteiger charge is -2.28. The largest absolute Gasteiger partial charge is 0.455 e. The third kappa shape index (κ3) is 6.23. The highest BCUT2D eigenvalue weighted by atomic mass is 16.3. The first-order chi connectivity index (χ1) is 29.8. The van der Waals surface area contributed by atoms with Crippen molar-refractivity contribution >= 4 is 49.6 Å². The van der Waals surface area contributed by atoms with Gasteiger partial charge in [-0.1, -0.05) is 194 Å². The second-order valence-corrected chi connectivity index (χ2v) is 15.2. The molecule has 0 N–H and O–H groups in total. The maximum absolute atomic E-state index is 7.00. The Morgan fingerprint density at radius 1 is 0.300 bits per heavy atom. The minimum absolute atomic E-state index is 0.886. The summed E-state index contributed by atoms with van der Waals surface area (Å²) >= 11 is 0. The van der Waals surface area contributed by atoms with Crippen LogP contribution in [0.4, 0.5) is 17.1 Å². The fourth-order valence-corrected chi connectivity index (χ4v) is 8.83. The second kappa shape index (κ2) is 15.1. The van der Waals surface area contributed by atoms with Gasteiger partial charge in [-0.25, -0.2) is 0 Å². The Morgan fingerprint density at radius 2 is 0.767 bits per heavy atom. The van der Waals surface area contributed by atoms with Crippen LogP contribution in [0.15, 0.2) is 241 Å². The van der Waals surface area contributed by atoms with Crippen molar-refractivity contribution in [3.8, 4) is 55.8 Å². The number of hydrogen-bond donors (Lipinski definition) is 0. The summed E-state index contributed by atoms with van der Waals surface area (Å²) in [6.07, 6.45) is 0. The molecule has 11 aromatic rings. The summed E-state index contributed by atoms with van der Waals surface area (Å²) in [6, 6.07) is 84.6. The van der Waals surface area contributed by atoms with Crippen LogP contribution in [0.3, 0.4) is 0 Å². The Labute approximate surface area is 349 Å². The van der Waals surface area contributed by atoms with Gasteiger partial charge < -0.3 is 9.32 Å². The number of rotatable bonds is 8. The van der Waals surface area contributed by atoms with E-state index in [2.05, 4.69) is 241 Å². The van der Waals surface area contributed by atoms with E-state index in [1.165, 1.54) is 38.4 Å². The topological polar surface area (TPSA) is 16.4 Å². The normalized spacial score (nSPS) is 11.3. The van der Waals surface area contributed by atoms with Crippen molar-refractivity contribution in [1.29, 1.82) is 0 Å². The molecule has 0 atom stereocenters. The van der Waals surface area contributed by atoms with Gasteiger partial charge in [0.25, 0.3) is 0 Å². The van der Waals surface area contributed by atoms with E-state index in [0.29, 0.717) is 0 Å². The SMILES string of the molecule is c1ccc(-c2ccc(N(c3ccccc3)c3ccc(-c4ccc5c6ccccc6c6oc(-c7ccccc7)c(-c7ccccc7)c6c5c4)cc3)c(-c3ccccc3)c2)cc1. The molecular formula is C58H39NO. The number of benzene rings is 10. The zero-order chi connectivity index (χ0) is 39.8. The van der Waals surface area contributed by atoms with E-state index in [0.717, 1.165) is 67.0 Å². The van der Waals surface area contributed by atoms with Gasteiger partial charge >= 0.3 is 0 Å². The van der Waals surface area contributed by atoms with Gasteiger partial charge in [-0.2, -0.15) is 0 Å². The second-order valence-electron chi connectivity index (χ2n) is 15.2. The van der Waals surface area contributed by atoms with Gasteiger partial charge in [0.1, 0.15) is 11.3 Å². The summed E-state index contributed by atoms with van der Waals surface area (Å²) in [5.41, 5.74) is 14.5. The molecule has 10 aromatic carbocycles. The molecule has 0 fully saturated rings. The van der Waals surface area contributed by atoms with Gasteiger partial charge in [0, 0.05) is 38.8 Å². The first-order valence-corrected chi connectivity index (χ1v) is 20.5. The molecular weight excluding hydrogens is 727 g/mol. The van der Waals surface area contributed by atoms with Gasteiger partial charge in [-0.05, 0) is 92.0 Å². The predicted molar refractivity (Wildman–Crippen MR) is 253 cm³/mol. The third-order valence-electron chi connectivity index (χ3n) is 11.7. The summed E-state index contributed by atoms with van der Waals surface area (Å²) in [5, 5.41) is 5.81. The molecule has 0 aliphatic rings. The molecule has 0 aliphatic carbocycles. The molecule has 1 aromatic heterocycles. The van der Waals surface area contributed by atoms with Crippen molar-refractivity contribution < 1.29 is 4.42 Å². The average molecular weight is 766 g/mol. The Morgan fingerprint density at radius 3 is 1.43 bits per heavy atom. The Bertz CT molecular complexity index is 3270. The fourth-order valence-electron chi connectivity index (χ4n) is 8.83. The van der Waals surface area contributed by atoms with E-state index >= 15 is 0 Å². The highest BCUT2D eigenvalue weighted by Crippen LogP contribution is 2.48. The molecule has 2 nitrogen and oxygen atoms in total. The van der Waals surface area contributed by atoms with E-state index in [9.17, 15) is 0 Å². The maximum Gasteiger partial charge on any atom is 0.143 e. The predicted octanol–water partition coefficient (Wildman–Crippen LogP) is 16.5. The number of para-hydroxylation sites is 1. The minimum atomic E-state index is 0.886. The standard InChI is InChI=1S/C58H39NO/c1-6-18-40(19-7-1)46-33-37-54(52(38-46)42-20-8-2-9-21-42)59(47-26-14-5-15-27-47)48-34-30-41(31-35-48)45-32-36-50-49-28-16-17-29-51(49)58-56(53(50)39-45)55(43-22-10-3-11-23-43)57(60-58)44-24-12-4-13-25-44/h1-39H. The van der Waals surface area contributed by atoms with Gasteiger partial charge in [0.15, 0.2) is 0 Å². The minimum Gasteiger partial charge on any atom is -0.455 e. The van der Waals surface area contributed by atoms with Crippen LogP contribution in [0, 0.1) is 0 Å². The van der Waals surface area contributed by atoms with E-state index in [1.54, 1.807) is 0 Å². The molecule has 0 spiro atoms. The molecule has 0 unspecified atom stereocenters. The van der Waals surface area contributed by atoms with Crippen LogP contribution in [0.1, 0.15) is 0 Å². The maximum atomic E-state index is 7.00. The van der Waals surface area contributed by atoms with Gasteiger partial charge in [0.2, 0.25) is 0 Å². The highest BCUT2D eigenvalue weighted by molar-refractivity contribution is 6.29. The molecule has 0 radical (unpaired) electrons. The van der Waals surface area contributed by atoms with E-state index < -0.39 is 0 Å². The molecule has 1 heterocycles. The number of nitrogens with zero attached hydrogens (tertiary/aromatic N) is 1. The van der Waals surface area contributed by atoms with Crippen molar-refractivity contribution in [3.63, 3.8) is 0 Å². The van der Waals surface area contributed by atoms with Crippen LogP contribution in [0.2, 0.25) is 0 Å². The molecule has 60 heavy (non-hydrogen) atoms. The van der Waals surface area contributed by atoms with Crippen molar-refractivity contribution in [2.75, 3.05) is 4.90 Å². The summed E-state index contributed by atoms with van der Waals surface area (Å²) < 4.78 is 7.00. The number of fused-ring (bicyclic) bond motifs is 6. The summed E-state index contributed by atoms with van der Waals surface area (Å²) in [5.74, 6) is 0.886. The van der Waals surface area contributed by atoms with Crippen LogP contribution in [-0.4, -0.2) is 0 Å². The third-order valence-corrected chi connectivity index (χ3v) is 11.7. The van der Waals surface area contributed by atoms with Crippen molar-refractivity contribution in [2.24, 2.45) is 0 Å². The van der Waals surface area contributed by atoms with Crippen molar-refractivity contribution in [3.05, 3.63) is 237 Å². The highest BCUT2D eigenvalue weighted by Gasteiger charge is 2.23. The Hall–Kier alpha value is -7.94. The van der Waals surface area contributed by atoms with Crippen LogP contribution >= 0.6 is 0 Å². The first-order valence-electron chi connectivity index (χ1n) is 20.5. The molecule has 0 bridgehead atoms. The lowest BCUT2D eigenvalue weighted by Crippen LogP contribution is -2.11. The quantitative estimate of drug-likeness (QED) is 0.143. The van der Waals surface area contributed by atoms with Crippen molar-refractivity contribution in [2.45, 2.75) is 0 Å². The van der Waals surface area contributed by atoms with Crippen LogP contribution in [0.25, 0.3) is 88.3 Å². The molecule has 282 valence electrons. The summed E-state index contributed by atoms with van der Waals surface area (Å²) in [6.45, 7) is 0. The monoisotopic (exact) mass is 765 g/mol. The lowest BCUT2D eigenvalue weighted by molar-refractivity contribution is 0.636. The number of anilines is 3. The van der Waals surface area contributed by atoms with Gasteiger partial charge in [0.05, 0.1) is 5.69 Å². The molecule has 0 saturated carbocycles. The van der Waals surface area contributed by atoms with Crippen LogP contribution < -0.4 is 4.90 Å². The first kappa shape index (κ1) is 35.2. The average Bonchev–Trinajstić information content (AvgIpc) is 3.75. The van der Waals surface area contributed by atoms with E-state index in [-0.39, 0.29) is 0 Å². The Balaban J connectivity index is 1.08. The summed E-state index contributed by atoms with van der Waals surface area (Å²) in [4.78, 5) is 2.37. The van der Waals surface area contributed by atoms with Crippen LogP contribution in [0.5, 0.6) is 0 Å². The smallest absolute Gasteiger partial charge is 0.143 e. The van der Waals surface area contributed by atoms with Gasteiger partial charge in [-0.3, -0.25) is 0 Å². The van der Waals surface area contributed by atoms with Gasteiger partial charge in [-0.15, -0.1) is 0 Å². The lowest BCUT2D eigenvalue weighted by atomic mass is 9.90.